The van der Waals surface area contributed by atoms with Crippen molar-refractivity contribution < 1.29 is 44.8 Å². The second-order valence-corrected chi connectivity index (χ2v) is 13.4. The summed E-state index contributed by atoms with van der Waals surface area (Å²) >= 11 is 0. The maximum absolute atomic E-state index is 13.6. The highest BCUT2D eigenvalue weighted by Gasteiger charge is 2.50. The predicted octanol–water partition coefficient (Wildman–Crippen LogP) is 5.79. The minimum atomic E-state index is -5.93. The molecule has 2 amide bonds. The molecule has 0 spiro atoms. The van der Waals surface area contributed by atoms with Crippen molar-refractivity contribution in [2.45, 2.75) is 77.1 Å². The molecule has 44 heavy (non-hydrogen) atoms. The maximum Gasteiger partial charge on any atom is 0.534 e. The fourth-order valence-corrected chi connectivity index (χ4v) is 4.95. The molecule has 4 rings (SSSR count). The Morgan fingerprint density at radius 1 is 1.02 bits per heavy atom. The Balaban J connectivity index is 1.56. The van der Waals surface area contributed by atoms with E-state index in [0.29, 0.717) is 46.4 Å². The van der Waals surface area contributed by atoms with E-state index in [0.717, 1.165) is 6.07 Å². The zero-order valence-electron chi connectivity index (χ0n) is 25.1. The van der Waals surface area contributed by atoms with Crippen LogP contribution in [0, 0.1) is 13.8 Å². The summed E-state index contributed by atoms with van der Waals surface area (Å²) in [5, 5.41) is 6.19. The van der Waals surface area contributed by atoms with Crippen LogP contribution in [-0.4, -0.2) is 49.2 Å². The van der Waals surface area contributed by atoms with E-state index in [1.54, 1.807) is 71.9 Å². The summed E-state index contributed by atoms with van der Waals surface area (Å²) in [5.74, 6) is -0.654. The number of fused-ring (bicyclic) bond motifs is 1. The second kappa shape index (κ2) is 11.8. The van der Waals surface area contributed by atoms with Gasteiger partial charge in [0.1, 0.15) is 23.7 Å². The molecule has 0 unspecified atom stereocenters. The lowest BCUT2D eigenvalue weighted by Gasteiger charge is -2.23. The first kappa shape index (κ1) is 32.8. The number of aromatic nitrogens is 1. The molecule has 0 radical (unpaired) electrons. The molecule has 1 fully saturated rings. The van der Waals surface area contributed by atoms with Gasteiger partial charge in [-0.3, -0.25) is 9.78 Å². The van der Waals surface area contributed by atoms with E-state index >= 15 is 0 Å². The summed E-state index contributed by atoms with van der Waals surface area (Å²) in [7, 11) is -5.93. The standard InChI is InChI=1S/C30H34F3N3O7S/c1-17-7-9-20(41-16-19(3)35-27(38)42-28(4,5)6)13-23(17)26(37)36-29(11-12-29)24-14-21(43-44(39,40)30(31,32)33)15-25-22(24)10-8-18(2)34-25/h7-10,13-15,19H,11-12,16H2,1-6H3,(H,35,38)(H,36,37)/t19-/m0/s1. The molecular weight excluding hydrogens is 603 g/mol. The Hall–Kier alpha value is -4.07. The summed E-state index contributed by atoms with van der Waals surface area (Å²) in [6.07, 6.45) is 0.302. The number of alkyl halides is 3. The smallest absolute Gasteiger partial charge is 0.491 e. The first-order valence-corrected chi connectivity index (χ1v) is 15.2. The van der Waals surface area contributed by atoms with Crippen LogP contribution in [0.2, 0.25) is 0 Å². The summed E-state index contributed by atoms with van der Waals surface area (Å²) in [6, 6.07) is 10.3. The van der Waals surface area contributed by atoms with E-state index in [1.807, 2.05) is 0 Å². The van der Waals surface area contributed by atoms with Gasteiger partial charge in [-0.25, -0.2) is 4.79 Å². The molecule has 0 bridgehead atoms. The van der Waals surface area contributed by atoms with Crippen molar-refractivity contribution >= 4 is 33.0 Å². The van der Waals surface area contributed by atoms with Crippen LogP contribution in [0.4, 0.5) is 18.0 Å². The van der Waals surface area contributed by atoms with Gasteiger partial charge >= 0.3 is 21.7 Å². The largest absolute Gasteiger partial charge is 0.534 e. The number of aryl methyl sites for hydroxylation is 2. The van der Waals surface area contributed by atoms with E-state index in [2.05, 4.69) is 19.8 Å². The fraction of sp³-hybridized carbons (Fsp3) is 0.433. The molecule has 0 aliphatic heterocycles. The van der Waals surface area contributed by atoms with Crippen molar-refractivity contribution in [3.05, 3.63) is 64.8 Å². The number of hydrogen-bond acceptors (Lipinski definition) is 8. The molecule has 1 aliphatic carbocycles. The van der Waals surface area contributed by atoms with Gasteiger partial charge in [-0.1, -0.05) is 12.1 Å². The Labute approximate surface area is 253 Å². The zero-order valence-corrected chi connectivity index (χ0v) is 25.9. The van der Waals surface area contributed by atoms with Crippen LogP contribution in [0.25, 0.3) is 10.9 Å². The van der Waals surface area contributed by atoms with Gasteiger partial charge in [-0.15, -0.1) is 0 Å². The molecule has 10 nitrogen and oxygen atoms in total. The van der Waals surface area contributed by atoms with Gasteiger partial charge in [0.25, 0.3) is 5.91 Å². The number of pyridine rings is 1. The summed E-state index contributed by atoms with van der Waals surface area (Å²) in [6.45, 7) is 10.5. The van der Waals surface area contributed by atoms with Crippen molar-refractivity contribution in [3.63, 3.8) is 0 Å². The highest BCUT2D eigenvalue weighted by Crippen LogP contribution is 2.49. The van der Waals surface area contributed by atoms with Gasteiger partial charge < -0.3 is 24.3 Å². The van der Waals surface area contributed by atoms with Gasteiger partial charge in [0.15, 0.2) is 0 Å². The fourth-order valence-electron chi connectivity index (χ4n) is 4.51. The monoisotopic (exact) mass is 637 g/mol. The number of benzene rings is 2. The number of rotatable bonds is 9. The number of nitrogens with one attached hydrogen (secondary N) is 2. The third kappa shape index (κ3) is 7.71. The van der Waals surface area contributed by atoms with Crippen molar-refractivity contribution in [2.24, 2.45) is 0 Å². The second-order valence-electron chi connectivity index (χ2n) is 11.8. The third-order valence-corrected chi connectivity index (χ3v) is 7.72. The number of nitrogens with zero attached hydrogens (tertiary/aromatic N) is 1. The maximum atomic E-state index is 13.6. The number of halogens is 3. The Kier molecular flexibility index (Phi) is 8.80. The summed E-state index contributed by atoms with van der Waals surface area (Å²) < 4.78 is 78.2. The molecule has 2 aromatic carbocycles. The molecule has 1 atom stereocenters. The Morgan fingerprint density at radius 2 is 1.70 bits per heavy atom. The minimum absolute atomic E-state index is 0.0966. The molecule has 0 saturated heterocycles. The van der Waals surface area contributed by atoms with Gasteiger partial charge in [0.05, 0.1) is 17.1 Å². The number of hydrogen-bond donors (Lipinski definition) is 2. The molecule has 1 aliphatic rings. The molecular formula is C30H34F3N3O7S. The lowest BCUT2D eigenvalue weighted by molar-refractivity contribution is -0.0500. The number of alkyl carbamates (subject to hydrolysis) is 1. The van der Waals surface area contributed by atoms with Crippen LogP contribution >= 0.6 is 0 Å². The normalized spacial score (nSPS) is 15.3. The molecule has 2 N–H and O–H groups in total. The first-order valence-electron chi connectivity index (χ1n) is 13.8. The van der Waals surface area contributed by atoms with Crippen LogP contribution in [0.5, 0.6) is 11.5 Å². The van der Waals surface area contributed by atoms with Gasteiger partial charge in [0, 0.05) is 22.7 Å². The van der Waals surface area contributed by atoms with Crippen molar-refractivity contribution in [3.8, 4) is 11.5 Å². The van der Waals surface area contributed by atoms with Crippen LogP contribution in [-0.2, 0) is 20.4 Å². The lowest BCUT2D eigenvalue weighted by atomic mass is 9.97. The highest BCUT2D eigenvalue weighted by atomic mass is 32.2. The molecule has 3 aromatic rings. The van der Waals surface area contributed by atoms with Crippen molar-refractivity contribution in [1.29, 1.82) is 0 Å². The third-order valence-electron chi connectivity index (χ3n) is 6.74. The zero-order chi connectivity index (χ0) is 32.7. The molecule has 1 aromatic heterocycles. The van der Waals surface area contributed by atoms with Gasteiger partial charge in [0.2, 0.25) is 0 Å². The SMILES string of the molecule is Cc1ccc2c(C3(NC(=O)c4cc(OC[C@H](C)NC(=O)OC(C)(C)C)ccc4C)CC3)cc(OS(=O)(=O)C(F)(F)F)cc2n1. The van der Waals surface area contributed by atoms with E-state index in [4.69, 9.17) is 9.47 Å². The molecule has 1 saturated carbocycles. The first-order chi connectivity index (χ1) is 20.3. The predicted molar refractivity (Wildman–Crippen MR) is 156 cm³/mol. The number of amides is 2. The molecule has 14 heteroatoms. The minimum Gasteiger partial charge on any atom is -0.491 e. The van der Waals surface area contributed by atoms with Gasteiger partial charge in [-0.05, 0) is 89.8 Å². The van der Waals surface area contributed by atoms with Gasteiger partial charge in [-0.2, -0.15) is 21.6 Å². The van der Waals surface area contributed by atoms with Crippen LogP contribution in [0.1, 0.15) is 67.7 Å². The quantitative estimate of drug-likeness (QED) is 0.223. The van der Waals surface area contributed by atoms with E-state index in [1.165, 1.54) is 6.07 Å². The summed E-state index contributed by atoms with van der Waals surface area (Å²) in [5.41, 5.74) is -5.18. The number of ether oxygens (including phenoxy) is 2. The highest BCUT2D eigenvalue weighted by molar-refractivity contribution is 7.88. The molecule has 1 heterocycles. The Morgan fingerprint density at radius 3 is 2.32 bits per heavy atom. The number of carbonyl (C=O) groups is 2. The van der Waals surface area contributed by atoms with Crippen LogP contribution < -0.4 is 19.6 Å². The Bertz CT molecular complexity index is 1700. The molecule has 238 valence electrons. The number of carbonyl (C=O) groups excluding carboxylic acids is 2. The lowest BCUT2D eigenvalue weighted by Crippen LogP contribution is -2.40. The van der Waals surface area contributed by atoms with Crippen molar-refractivity contribution in [2.75, 3.05) is 6.61 Å². The topological polar surface area (TPSA) is 133 Å². The average Bonchev–Trinajstić information content (AvgIpc) is 3.65. The summed E-state index contributed by atoms with van der Waals surface area (Å²) in [4.78, 5) is 29.9. The van der Waals surface area contributed by atoms with E-state index < -0.39 is 50.6 Å². The average molecular weight is 638 g/mol. The van der Waals surface area contributed by atoms with E-state index in [9.17, 15) is 31.2 Å². The van der Waals surface area contributed by atoms with Crippen LogP contribution in [0.3, 0.4) is 0 Å². The van der Waals surface area contributed by atoms with Crippen molar-refractivity contribution in [1.82, 2.24) is 15.6 Å². The van der Waals surface area contributed by atoms with Crippen LogP contribution in [0.15, 0.2) is 42.5 Å². The van der Waals surface area contributed by atoms with E-state index in [-0.39, 0.29) is 12.1 Å².